The molecule has 0 radical (unpaired) electrons. The first-order valence-electron chi connectivity index (χ1n) is 5.38. The van der Waals surface area contributed by atoms with E-state index in [1.54, 1.807) is 6.20 Å². The standard InChI is InChI=1S/C10H20N4/c1-4-6-11-10(8(3)5-2)9-7-12-14-13-9/h7-8,10-11H,4-6H2,1-3H3,(H,12,13,14). The maximum absolute atomic E-state index is 4.14. The van der Waals surface area contributed by atoms with E-state index < -0.39 is 0 Å². The highest BCUT2D eigenvalue weighted by atomic mass is 15.3. The minimum absolute atomic E-state index is 0.332. The predicted molar refractivity (Wildman–Crippen MR) is 56.9 cm³/mol. The van der Waals surface area contributed by atoms with Gasteiger partial charge >= 0.3 is 0 Å². The average Bonchev–Trinajstić information content (AvgIpc) is 2.71. The highest BCUT2D eigenvalue weighted by Gasteiger charge is 2.19. The van der Waals surface area contributed by atoms with Crippen LogP contribution in [0.15, 0.2) is 6.20 Å². The van der Waals surface area contributed by atoms with Crippen molar-refractivity contribution in [2.75, 3.05) is 6.54 Å². The first-order valence-corrected chi connectivity index (χ1v) is 5.38. The molecule has 0 saturated carbocycles. The Bertz CT molecular complexity index is 232. The van der Waals surface area contributed by atoms with Gasteiger partial charge in [0.15, 0.2) is 0 Å². The molecular formula is C10H20N4. The van der Waals surface area contributed by atoms with Gasteiger partial charge in [0, 0.05) is 0 Å². The van der Waals surface area contributed by atoms with Gasteiger partial charge in [0.25, 0.3) is 0 Å². The molecular weight excluding hydrogens is 176 g/mol. The Labute approximate surface area is 85.5 Å². The molecule has 0 aliphatic heterocycles. The van der Waals surface area contributed by atoms with Gasteiger partial charge in [-0.15, -0.1) is 0 Å². The zero-order chi connectivity index (χ0) is 10.4. The number of hydrogen-bond acceptors (Lipinski definition) is 3. The van der Waals surface area contributed by atoms with Gasteiger partial charge in [0.2, 0.25) is 0 Å². The summed E-state index contributed by atoms with van der Waals surface area (Å²) in [5.41, 5.74) is 1.02. The van der Waals surface area contributed by atoms with Gasteiger partial charge in [-0.05, 0) is 18.9 Å². The van der Waals surface area contributed by atoms with Crippen LogP contribution < -0.4 is 5.32 Å². The van der Waals surface area contributed by atoms with Crippen LogP contribution in [-0.2, 0) is 0 Å². The first-order chi connectivity index (χ1) is 6.79. The quantitative estimate of drug-likeness (QED) is 0.730. The van der Waals surface area contributed by atoms with Crippen LogP contribution in [0.2, 0.25) is 0 Å². The zero-order valence-electron chi connectivity index (χ0n) is 9.25. The highest BCUT2D eigenvalue weighted by Crippen LogP contribution is 2.21. The molecule has 1 heterocycles. The van der Waals surface area contributed by atoms with E-state index in [1.807, 2.05) is 0 Å². The topological polar surface area (TPSA) is 53.6 Å². The Kier molecular flexibility index (Phi) is 4.59. The second kappa shape index (κ2) is 5.75. The SMILES string of the molecule is CCCNC(c1cn[nH]n1)C(C)CC. The molecule has 4 nitrogen and oxygen atoms in total. The third-order valence-corrected chi connectivity index (χ3v) is 2.58. The van der Waals surface area contributed by atoms with E-state index in [4.69, 9.17) is 0 Å². The van der Waals surface area contributed by atoms with Crippen molar-refractivity contribution in [2.24, 2.45) is 5.92 Å². The highest BCUT2D eigenvalue weighted by molar-refractivity contribution is 5.01. The lowest BCUT2D eigenvalue weighted by atomic mass is 9.97. The lowest BCUT2D eigenvalue weighted by Crippen LogP contribution is -2.27. The van der Waals surface area contributed by atoms with Crippen molar-refractivity contribution in [3.8, 4) is 0 Å². The summed E-state index contributed by atoms with van der Waals surface area (Å²) < 4.78 is 0. The van der Waals surface area contributed by atoms with Gasteiger partial charge in [-0.2, -0.15) is 15.4 Å². The molecule has 1 rings (SSSR count). The molecule has 0 spiro atoms. The molecule has 2 N–H and O–H groups in total. The van der Waals surface area contributed by atoms with Crippen molar-refractivity contribution in [1.82, 2.24) is 20.7 Å². The van der Waals surface area contributed by atoms with Crippen LogP contribution in [0, 0.1) is 5.92 Å². The van der Waals surface area contributed by atoms with Gasteiger partial charge in [-0.1, -0.05) is 27.2 Å². The molecule has 4 heteroatoms. The second-order valence-corrected chi connectivity index (χ2v) is 3.71. The monoisotopic (exact) mass is 196 g/mol. The number of nitrogens with zero attached hydrogens (tertiary/aromatic N) is 2. The normalized spacial score (nSPS) is 15.4. The van der Waals surface area contributed by atoms with Gasteiger partial charge < -0.3 is 5.32 Å². The largest absolute Gasteiger partial charge is 0.308 e. The smallest absolute Gasteiger partial charge is 0.0996 e. The Morgan fingerprint density at radius 1 is 1.50 bits per heavy atom. The Morgan fingerprint density at radius 2 is 2.29 bits per heavy atom. The summed E-state index contributed by atoms with van der Waals surface area (Å²) in [5.74, 6) is 0.589. The van der Waals surface area contributed by atoms with E-state index in [0.29, 0.717) is 12.0 Å². The number of aromatic nitrogens is 3. The molecule has 80 valence electrons. The van der Waals surface area contributed by atoms with Crippen LogP contribution in [-0.4, -0.2) is 22.0 Å². The lowest BCUT2D eigenvalue weighted by Gasteiger charge is -2.21. The van der Waals surface area contributed by atoms with Gasteiger partial charge in [-0.25, -0.2) is 0 Å². The van der Waals surface area contributed by atoms with Crippen molar-refractivity contribution in [3.63, 3.8) is 0 Å². The van der Waals surface area contributed by atoms with Crippen molar-refractivity contribution in [3.05, 3.63) is 11.9 Å². The Balaban J connectivity index is 2.62. The number of H-pyrrole nitrogens is 1. The minimum Gasteiger partial charge on any atom is -0.308 e. The lowest BCUT2D eigenvalue weighted by molar-refractivity contribution is 0.369. The third kappa shape index (κ3) is 2.80. The molecule has 0 saturated heterocycles. The summed E-state index contributed by atoms with van der Waals surface area (Å²) in [6.45, 7) is 7.64. The fourth-order valence-electron chi connectivity index (χ4n) is 1.49. The van der Waals surface area contributed by atoms with E-state index in [1.165, 1.54) is 0 Å². The van der Waals surface area contributed by atoms with Crippen molar-refractivity contribution < 1.29 is 0 Å². The maximum atomic E-state index is 4.14. The Morgan fingerprint density at radius 3 is 2.79 bits per heavy atom. The molecule has 0 fully saturated rings. The predicted octanol–water partition coefficient (Wildman–Crippen LogP) is 1.89. The van der Waals surface area contributed by atoms with Crippen LogP contribution in [0.25, 0.3) is 0 Å². The third-order valence-electron chi connectivity index (χ3n) is 2.58. The number of rotatable bonds is 6. The Hall–Kier alpha value is -0.900. The summed E-state index contributed by atoms with van der Waals surface area (Å²) >= 11 is 0. The molecule has 1 aromatic heterocycles. The van der Waals surface area contributed by atoms with Crippen LogP contribution in [0.5, 0.6) is 0 Å². The van der Waals surface area contributed by atoms with Crippen LogP contribution in [0.4, 0.5) is 0 Å². The number of hydrogen-bond donors (Lipinski definition) is 2. The van der Waals surface area contributed by atoms with Gasteiger partial charge in [0.1, 0.15) is 0 Å². The first kappa shape index (κ1) is 11.2. The average molecular weight is 196 g/mol. The number of nitrogens with one attached hydrogen (secondary N) is 2. The molecule has 0 bridgehead atoms. The molecule has 0 aromatic carbocycles. The van der Waals surface area contributed by atoms with Crippen LogP contribution in [0.1, 0.15) is 45.3 Å². The second-order valence-electron chi connectivity index (χ2n) is 3.71. The van der Waals surface area contributed by atoms with Crippen LogP contribution in [0.3, 0.4) is 0 Å². The van der Waals surface area contributed by atoms with E-state index in [2.05, 4.69) is 41.5 Å². The van der Waals surface area contributed by atoms with Crippen LogP contribution >= 0.6 is 0 Å². The van der Waals surface area contributed by atoms with Crippen molar-refractivity contribution in [2.45, 2.75) is 39.7 Å². The molecule has 0 aliphatic rings. The fraction of sp³-hybridized carbons (Fsp3) is 0.800. The van der Waals surface area contributed by atoms with Gasteiger partial charge in [0.05, 0.1) is 17.9 Å². The summed E-state index contributed by atoms with van der Waals surface area (Å²) in [4.78, 5) is 0. The summed E-state index contributed by atoms with van der Waals surface area (Å²) in [5, 5.41) is 14.2. The minimum atomic E-state index is 0.332. The summed E-state index contributed by atoms with van der Waals surface area (Å²) in [7, 11) is 0. The van der Waals surface area contributed by atoms with E-state index in [-0.39, 0.29) is 0 Å². The van der Waals surface area contributed by atoms with Gasteiger partial charge in [-0.3, -0.25) is 0 Å². The summed E-state index contributed by atoms with van der Waals surface area (Å²) in [6.07, 6.45) is 4.10. The van der Waals surface area contributed by atoms with E-state index in [0.717, 1.165) is 25.1 Å². The fourth-order valence-corrected chi connectivity index (χ4v) is 1.49. The number of aromatic amines is 1. The molecule has 2 atom stereocenters. The molecule has 0 aliphatic carbocycles. The molecule has 0 amide bonds. The van der Waals surface area contributed by atoms with Crippen molar-refractivity contribution >= 4 is 0 Å². The van der Waals surface area contributed by atoms with E-state index >= 15 is 0 Å². The summed E-state index contributed by atoms with van der Waals surface area (Å²) in [6, 6.07) is 0.332. The molecule has 1 aromatic rings. The van der Waals surface area contributed by atoms with Crippen molar-refractivity contribution in [1.29, 1.82) is 0 Å². The maximum Gasteiger partial charge on any atom is 0.0996 e. The molecule has 14 heavy (non-hydrogen) atoms. The zero-order valence-corrected chi connectivity index (χ0v) is 9.25. The van der Waals surface area contributed by atoms with E-state index in [9.17, 15) is 0 Å². The molecule has 2 unspecified atom stereocenters.